The van der Waals surface area contributed by atoms with Gasteiger partial charge in [0.05, 0.1) is 10.8 Å². The minimum atomic E-state index is -3.55. The lowest BCUT2D eigenvalue weighted by molar-refractivity contribution is -0.124. The van der Waals surface area contributed by atoms with Crippen molar-refractivity contribution in [3.63, 3.8) is 0 Å². The van der Waals surface area contributed by atoms with Gasteiger partial charge in [0, 0.05) is 44.0 Å². The highest BCUT2D eigenvalue weighted by Crippen LogP contribution is 2.32. The molecule has 2 heterocycles. The Balaban J connectivity index is 1.49. The van der Waals surface area contributed by atoms with Gasteiger partial charge in [-0.05, 0) is 42.3 Å². The van der Waals surface area contributed by atoms with Gasteiger partial charge in [0.2, 0.25) is 21.8 Å². The summed E-state index contributed by atoms with van der Waals surface area (Å²) in [5.41, 5.74) is 2.70. The van der Waals surface area contributed by atoms with Gasteiger partial charge < -0.3 is 9.80 Å². The lowest BCUT2D eigenvalue weighted by Crippen LogP contribution is -2.36. The first-order chi connectivity index (χ1) is 14.9. The predicted octanol–water partition coefficient (Wildman–Crippen LogP) is 2.66. The van der Waals surface area contributed by atoms with Crippen molar-refractivity contribution in [2.24, 2.45) is 5.92 Å². The van der Waals surface area contributed by atoms with Crippen LogP contribution in [0.3, 0.4) is 0 Å². The number of hydrogen-bond acceptors (Lipinski definition) is 4. The van der Waals surface area contributed by atoms with Gasteiger partial charge in [0.1, 0.15) is 0 Å². The van der Waals surface area contributed by atoms with Crippen LogP contribution in [0, 0.1) is 5.92 Å². The summed E-state index contributed by atoms with van der Waals surface area (Å²) in [6.45, 7) is 5.34. The second kappa shape index (κ2) is 8.43. The number of anilines is 2. The Kier molecular flexibility index (Phi) is 5.85. The van der Waals surface area contributed by atoms with Gasteiger partial charge >= 0.3 is 0 Å². The summed E-state index contributed by atoms with van der Waals surface area (Å²) in [5.74, 6) is -0.551. The first kappa shape index (κ1) is 21.5. The van der Waals surface area contributed by atoms with Crippen molar-refractivity contribution in [1.29, 1.82) is 0 Å². The fraction of sp³-hybridized carbons (Fsp3) is 0.391. The number of carbonyl (C=O) groups excluding carboxylic acids is 2. The molecular weight excluding hydrogens is 414 g/mol. The number of fused-ring (bicyclic) bond motifs is 1. The Bertz CT molecular complexity index is 1090. The zero-order chi connectivity index (χ0) is 22.2. The molecule has 0 saturated carbocycles. The highest BCUT2D eigenvalue weighted by Gasteiger charge is 2.39. The molecular formula is C23H27N3O4S. The summed E-state index contributed by atoms with van der Waals surface area (Å²) in [6.07, 6.45) is 0.992. The molecule has 8 heteroatoms. The topological polar surface area (TPSA) is 78.0 Å². The van der Waals surface area contributed by atoms with Crippen molar-refractivity contribution in [3.05, 3.63) is 54.1 Å². The standard InChI is InChI=1S/C23H27N3O4S/c1-3-24(4-2)31(29,30)20-11-9-19(10-12-20)26-16-18(15-22(26)27)23(28)25-14-13-17-7-5-6-8-21(17)25/h5-12,18H,3-4,13-16H2,1-2H3/t18-/m0/s1. The number of rotatable bonds is 6. The summed E-state index contributed by atoms with van der Waals surface area (Å²) < 4.78 is 26.7. The number of benzene rings is 2. The molecule has 1 saturated heterocycles. The van der Waals surface area contributed by atoms with E-state index in [-0.39, 0.29) is 23.1 Å². The minimum Gasteiger partial charge on any atom is -0.312 e. The molecule has 4 rings (SSSR count). The predicted molar refractivity (Wildman–Crippen MR) is 120 cm³/mol. The third-order valence-corrected chi connectivity index (χ3v) is 8.18. The van der Waals surface area contributed by atoms with E-state index in [9.17, 15) is 18.0 Å². The van der Waals surface area contributed by atoms with E-state index in [0.717, 1.165) is 17.7 Å². The number of carbonyl (C=O) groups is 2. The quantitative estimate of drug-likeness (QED) is 0.691. The van der Waals surface area contributed by atoms with Crippen LogP contribution in [-0.2, 0) is 26.0 Å². The first-order valence-electron chi connectivity index (χ1n) is 10.7. The van der Waals surface area contributed by atoms with E-state index in [1.807, 2.05) is 24.3 Å². The summed E-state index contributed by atoms with van der Waals surface area (Å²) in [6, 6.07) is 14.2. The molecule has 0 aromatic heterocycles. The van der Waals surface area contributed by atoms with E-state index in [1.54, 1.807) is 35.8 Å². The monoisotopic (exact) mass is 441 g/mol. The average molecular weight is 442 g/mol. The summed E-state index contributed by atoms with van der Waals surface area (Å²) >= 11 is 0. The molecule has 0 spiro atoms. The van der Waals surface area contributed by atoms with Crippen molar-refractivity contribution in [2.75, 3.05) is 36.0 Å². The molecule has 0 aliphatic carbocycles. The van der Waals surface area contributed by atoms with Crippen LogP contribution in [-0.4, -0.2) is 50.7 Å². The highest BCUT2D eigenvalue weighted by molar-refractivity contribution is 7.89. The Hall–Kier alpha value is -2.71. The largest absolute Gasteiger partial charge is 0.312 e. The third kappa shape index (κ3) is 3.85. The molecule has 2 aliphatic rings. The fourth-order valence-corrected chi connectivity index (χ4v) is 5.88. The Morgan fingerprint density at radius 2 is 1.74 bits per heavy atom. The summed E-state index contributed by atoms with van der Waals surface area (Å²) in [5, 5.41) is 0. The van der Waals surface area contributed by atoms with Crippen LogP contribution >= 0.6 is 0 Å². The van der Waals surface area contributed by atoms with E-state index >= 15 is 0 Å². The average Bonchev–Trinajstić information content (AvgIpc) is 3.38. The van der Waals surface area contributed by atoms with E-state index in [0.29, 0.717) is 31.9 Å². The lowest BCUT2D eigenvalue weighted by Gasteiger charge is -2.22. The molecule has 0 bridgehead atoms. The van der Waals surface area contributed by atoms with Crippen LogP contribution in [0.5, 0.6) is 0 Å². The highest BCUT2D eigenvalue weighted by atomic mass is 32.2. The maximum atomic E-state index is 13.1. The number of nitrogens with zero attached hydrogens (tertiary/aromatic N) is 3. The third-order valence-electron chi connectivity index (χ3n) is 6.12. The van der Waals surface area contributed by atoms with Crippen molar-refractivity contribution in [2.45, 2.75) is 31.6 Å². The van der Waals surface area contributed by atoms with E-state index < -0.39 is 15.9 Å². The lowest BCUT2D eigenvalue weighted by atomic mass is 10.1. The van der Waals surface area contributed by atoms with Crippen molar-refractivity contribution >= 4 is 33.2 Å². The van der Waals surface area contributed by atoms with Gasteiger partial charge in [-0.15, -0.1) is 0 Å². The molecule has 2 aliphatic heterocycles. The number of hydrogen-bond donors (Lipinski definition) is 0. The van der Waals surface area contributed by atoms with Gasteiger partial charge in [0.25, 0.3) is 0 Å². The van der Waals surface area contributed by atoms with E-state index in [4.69, 9.17) is 0 Å². The van der Waals surface area contributed by atoms with Gasteiger partial charge in [-0.1, -0.05) is 32.0 Å². The molecule has 0 radical (unpaired) electrons. The molecule has 0 N–H and O–H groups in total. The SMILES string of the molecule is CCN(CC)S(=O)(=O)c1ccc(N2C[C@@H](C(=O)N3CCc4ccccc43)CC2=O)cc1. The molecule has 1 atom stereocenters. The van der Waals surface area contributed by atoms with Crippen LogP contribution in [0.25, 0.3) is 0 Å². The smallest absolute Gasteiger partial charge is 0.243 e. The molecule has 2 aromatic carbocycles. The normalized spacial score (nSPS) is 18.7. The zero-order valence-electron chi connectivity index (χ0n) is 17.8. The Labute approximate surface area is 183 Å². The van der Waals surface area contributed by atoms with Gasteiger partial charge in [-0.3, -0.25) is 9.59 Å². The van der Waals surface area contributed by atoms with Gasteiger partial charge in [0.15, 0.2) is 0 Å². The number of amides is 2. The molecule has 0 unspecified atom stereocenters. The molecule has 2 amide bonds. The first-order valence-corrected chi connectivity index (χ1v) is 12.1. The van der Waals surface area contributed by atoms with Crippen LogP contribution in [0.1, 0.15) is 25.8 Å². The molecule has 1 fully saturated rings. The summed E-state index contributed by atoms with van der Waals surface area (Å²) in [7, 11) is -3.55. The molecule has 2 aromatic rings. The van der Waals surface area contributed by atoms with E-state index in [2.05, 4.69) is 0 Å². The van der Waals surface area contributed by atoms with Gasteiger partial charge in [-0.2, -0.15) is 4.31 Å². The van der Waals surface area contributed by atoms with Crippen LogP contribution < -0.4 is 9.80 Å². The van der Waals surface area contributed by atoms with Gasteiger partial charge in [-0.25, -0.2) is 8.42 Å². The van der Waals surface area contributed by atoms with Crippen LogP contribution in [0.15, 0.2) is 53.4 Å². The summed E-state index contributed by atoms with van der Waals surface area (Å²) in [4.78, 5) is 29.4. The second-order valence-corrected chi connectivity index (χ2v) is 9.80. The zero-order valence-corrected chi connectivity index (χ0v) is 18.6. The van der Waals surface area contributed by atoms with E-state index in [1.165, 1.54) is 16.4 Å². The van der Waals surface area contributed by atoms with Crippen LogP contribution in [0.2, 0.25) is 0 Å². The number of para-hydroxylation sites is 1. The fourth-order valence-electron chi connectivity index (χ4n) is 4.42. The second-order valence-electron chi connectivity index (χ2n) is 7.86. The van der Waals surface area contributed by atoms with Crippen molar-refractivity contribution < 1.29 is 18.0 Å². The number of sulfonamides is 1. The molecule has 7 nitrogen and oxygen atoms in total. The maximum Gasteiger partial charge on any atom is 0.243 e. The maximum absolute atomic E-state index is 13.1. The van der Waals surface area contributed by atoms with Crippen molar-refractivity contribution in [1.82, 2.24) is 4.31 Å². The molecule has 31 heavy (non-hydrogen) atoms. The molecule has 164 valence electrons. The minimum absolute atomic E-state index is 0.0264. The Morgan fingerprint density at radius 3 is 2.42 bits per heavy atom. The van der Waals surface area contributed by atoms with Crippen LogP contribution in [0.4, 0.5) is 11.4 Å². The Morgan fingerprint density at radius 1 is 1.06 bits per heavy atom. The van der Waals surface area contributed by atoms with Crippen molar-refractivity contribution in [3.8, 4) is 0 Å².